The van der Waals surface area contributed by atoms with Crippen molar-refractivity contribution in [1.29, 1.82) is 0 Å². The van der Waals surface area contributed by atoms with Crippen molar-refractivity contribution in [3.8, 4) is 0 Å². The Labute approximate surface area is 197 Å². The van der Waals surface area contributed by atoms with E-state index in [-0.39, 0.29) is 40.1 Å². The molecule has 0 saturated carbocycles. The first-order valence-electron chi connectivity index (χ1n) is 11.0. The van der Waals surface area contributed by atoms with E-state index in [0.29, 0.717) is 52.1 Å². The molecule has 180 valence electrons. The lowest BCUT2D eigenvalue weighted by Gasteiger charge is -2.38. The normalized spacial score (nSPS) is 17.6. The summed E-state index contributed by atoms with van der Waals surface area (Å²) in [6, 6.07) is 3.78. The summed E-state index contributed by atoms with van der Waals surface area (Å²) < 4.78 is 5.40. The van der Waals surface area contributed by atoms with Crippen molar-refractivity contribution in [3.05, 3.63) is 38.9 Å². The lowest BCUT2D eigenvalue weighted by Crippen LogP contribution is -2.53. The van der Waals surface area contributed by atoms with Gasteiger partial charge in [0.05, 0.1) is 15.5 Å². The van der Waals surface area contributed by atoms with Crippen LogP contribution in [0.25, 0.3) is 0 Å². The van der Waals surface area contributed by atoms with E-state index in [1.54, 1.807) is 14.7 Å². The fourth-order valence-corrected chi connectivity index (χ4v) is 4.24. The Kier molecular flexibility index (Phi) is 7.46. The number of piperazine rings is 1. The van der Waals surface area contributed by atoms with Crippen molar-refractivity contribution in [2.45, 2.75) is 39.2 Å². The van der Waals surface area contributed by atoms with E-state index >= 15 is 0 Å². The molecule has 33 heavy (non-hydrogen) atoms. The number of rotatable bonds is 3. The first-order chi connectivity index (χ1) is 15.5. The van der Waals surface area contributed by atoms with E-state index in [1.807, 2.05) is 20.8 Å². The number of carbonyl (C=O) groups excluding carboxylic acids is 3. The number of benzene rings is 1. The lowest BCUT2D eigenvalue weighted by molar-refractivity contribution is -0.384. The van der Waals surface area contributed by atoms with Gasteiger partial charge in [0, 0.05) is 57.3 Å². The van der Waals surface area contributed by atoms with Crippen LogP contribution in [0.2, 0.25) is 5.02 Å². The molecule has 0 spiro atoms. The second-order valence-electron chi connectivity index (χ2n) is 9.28. The Morgan fingerprint density at radius 1 is 1.00 bits per heavy atom. The summed E-state index contributed by atoms with van der Waals surface area (Å²) in [5.74, 6) is -0.429. The lowest BCUT2D eigenvalue weighted by atomic mass is 9.95. The van der Waals surface area contributed by atoms with Crippen molar-refractivity contribution in [2.24, 2.45) is 5.92 Å². The van der Waals surface area contributed by atoms with Crippen LogP contribution in [0, 0.1) is 16.0 Å². The fourth-order valence-electron chi connectivity index (χ4n) is 3.98. The minimum Gasteiger partial charge on any atom is -0.444 e. The van der Waals surface area contributed by atoms with Crippen LogP contribution in [0.1, 0.15) is 44.0 Å². The van der Waals surface area contributed by atoms with Gasteiger partial charge in [-0.1, -0.05) is 11.6 Å². The van der Waals surface area contributed by atoms with Crippen molar-refractivity contribution in [2.75, 3.05) is 39.3 Å². The molecule has 2 aliphatic rings. The Morgan fingerprint density at radius 2 is 1.58 bits per heavy atom. The number of nitro benzene ring substituents is 1. The number of halogens is 1. The second-order valence-corrected chi connectivity index (χ2v) is 9.69. The van der Waals surface area contributed by atoms with E-state index in [9.17, 15) is 24.5 Å². The van der Waals surface area contributed by atoms with Crippen LogP contribution >= 0.6 is 11.6 Å². The average molecular weight is 481 g/mol. The largest absolute Gasteiger partial charge is 0.444 e. The SMILES string of the molecule is CC(C)(C)OC(=O)N1CCC(C(=O)N2CCN(C(=O)c3ccc([N+](=O)[O-])cc3Cl)CC2)CC1. The number of nitrogens with zero attached hydrogens (tertiary/aromatic N) is 4. The maximum Gasteiger partial charge on any atom is 0.410 e. The van der Waals surface area contributed by atoms with E-state index in [0.717, 1.165) is 6.07 Å². The number of amides is 3. The zero-order chi connectivity index (χ0) is 24.3. The third-order valence-corrected chi connectivity index (χ3v) is 6.08. The van der Waals surface area contributed by atoms with Crippen LogP contribution in [0.4, 0.5) is 10.5 Å². The van der Waals surface area contributed by atoms with E-state index in [4.69, 9.17) is 16.3 Å². The molecular formula is C22H29ClN4O6. The van der Waals surface area contributed by atoms with Crippen LogP contribution in [0.15, 0.2) is 18.2 Å². The van der Waals surface area contributed by atoms with Crippen molar-refractivity contribution in [3.63, 3.8) is 0 Å². The Balaban J connectivity index is 1.50. The molecule has 10 nitrogen and oxygen atoms in total. The van der Waals surface area contributed by atoms with Gasteiger partial charge in [-0.25, -0.2) is 4.79 Å². The number of carbonyl (C=O) groups is 3. The first-order valence-corrected chi connectivity index (χ1v) is 11.3. The minimum atomic E-state index is -0.567. The third kappa shape index (κ3) is 6.13. The molecule has 0 bridgehead atoms. The maximum atomic E-state index is 13.0. The van der Waals surface area contributed by atoms with Crippen molar-refractivity contribution in [1.82, 2.24) is 14.7 Å². The molecule has 1 aromatic carbocycles. The minimum absolute atomic E-state index is 0.0319. The highest BCUT2D eigenvalue weighted by molar-refractivity contribution is 6.34. The molecule has 0 N–H and O–H groups in total. The highest BCUT2D eigenvalue weighted by atomic mass is 35.5. The van der Waals surface area contributed by atoms with Gasteiger partial charge >= 0.3 is 6.09 Å². The second kappa shape index (κ2) is 9.94. The van der Waals surface area contributed by atoms with E-state index < -0.39 is 10.5 Å². The van der Waals surface area contributed by atoms with Crippen LogP contribution in [0.3, 0.4) is 0 Å². The molecule has 0 aromatic heterocycles. The summed E-state index contributed by atoms with van der Waals surface area (Å²) in [6.07, 6.45) is 0.802. The van der Waals surface area contributed by atoms with Gasteiger partial charge in [0.1, 0.15) is 5.60 Å². The predicted molar refractivity (Wildman–Crippen MR) is 121 cm³/mol. The summed E-state index contributed by atoms with van der Waals surface area (Å²) in [4.78, 5) is 53.3. The molecule has 0 radical (unpaired) electrons. The smallest absolute Gasteiger partial charge is 0.410 e. The van der Waals surface area contributed by atoms with Crippen molar-refractivity contribution >= 4 is 35.2 Å². The van der Waals surface area contributed by atoms with Crippen LogP contribution in [0.5, 0.6) is 0 Å². The predicted octanol–water partition coefficient (Wildman–Crippen LogP) is 3.18. The molecule has 0 aliphatic carbocycles. The highest BCUT2D eigenvalue weighted by Gasteiger charge is 2.34. The summed E-state index contributed by atoms with van der Waals surface area (Å²) in [6.45, 7) is 7.93. The monoisotopic (exact) mass is 480 g/mol. The van der Waals surface area contributed by atoms with Gasteiger partial charge in [0.25, 0.3) is 11.6 Å². The molecule has 1 aromatic rings. The number of hydrogen-bond donors (Lipinski definition) is 0. The number of hydrogen-bond acceptors (Lipinski definition) is 6. The molecule has 2 saturated heterocycles. The van der Waals surface area contributed by atoms with Gasteiger partial charge in [-0.15, -0.1) is 0 Å². The highest BCUT2D eigenvalue weighted by Crippen LogP contribution is 2.25. The van der Waals surface area contributed by atoms with Crippen LogP contribution in [-0.4, -0.2) is 82.4 Å². The molecule has 2 aliphatic heterocycles. The zero-order valence-electron chi connectivity index (χ0n) is 19.1. The summed E-state index contributed by atoms with van der Waals surface area (Å²) in [7, 11) is 0. The van der Waals surface area contributed by atoms with Crippen LogP contribution in [-0.2, 0) is 9.53 Å². The van der Waals surface area contributed by atoms with Gasteiger partial charge in [-0.05, 0) is 39.7 Å². The first kappa shape index (κ1) is 24.8. The van der Waals surface area contributed by atoms with Gasteiger partial charge < -0.3 is 19.4 Å². The van der Waals surface area contributed by atoms with E-state index in [2.05, 4.69) is 0 Å². The third-order valence-electron chi connectivity index (χ3n) is 5.77. The summed E-state index contributed by atoms with van der Waals surface area (Å²) in [5, 5.41) is 10.9. The molecule has 3 amide bonds. The number of ether oxygens (including phenoxy) is 1. The molecule has 0 atom stereocenters. The Morgan fingerprint density at radius 3 is 2.09 bits per heavy atom. The quantitative estimate of drug-likeness (QED) is 0.485. The topological polar surface area (TPSA) is 113 Å². The molecule has 3 rings (SSSR count). The molecule has 2 heterocycles. The summed E-state index contributed by atoms with van der Waals surface area (Å²) in [5.41, 5.74) is -0.527. The summed E-state index contributed by atoms with van der Waals surface area (Å²) >= 11 is 6.08. The number of nitro groups is 1. The molecule has 0 unspecified atom stereocenters. The van der Waals surface area contributed by atoms with E-state index in [1.165, 1.54) is 12.1 Å². The number of likely N-dealkylation sites (tertiary alicyclic amines) is 1. The standard InChI is InChI=1S/C22H29ClN4O6/c1-22(2,3)33-21(30)26-8-6-15(7-9-26)19(28)24-10-12-25(13-11-24)20(29)17-5-4-16(27(31)32)14-18(17)23/h4-5,14-15H,6-13H2,1-3H3. The Hall–Kier alpha value is -2.88. The van der Waals surface area contributed by atoms with Gasteiger partial charge in [0.15, 0.2) is 0 Å². The van der Waals surface area contributed by atoms with Crippen LogP contribution < -0.4 is 0 Å². The van der Waals surface area contributed by atoms with Gasteiger partial charge in [-0.3, -0.25) is 19.7 Å². The Bertz CT molecular complexity index is 931. The molecule has 2 fully saturated rings. The molecule has 11 heteroatoms. The average Bonchev–Trinajstić information content (AvgIpc) is 2.77. The molecular weight excluding hydrogens is 452 g/mol. The number of piperidine rings is 1. The number of non-ortho nitro benzene ring substituents is 1. The maximum absolute atomic E-state index is 13.0. The zero-order valence-corrected chi connectivity index (χ0v) is 19.8. The van der Waals surface area contributed by atoms with Gasteiger partial charge in [0.2, 0.25) is 5.91 Å². The van der Waals surface area contributed by atoms with Gasteiger partial charge in [-0.2, -0.15) is 0 Å². The van der Waals surface area contributed by atoms with Crippen molar-refractivity contribution < 1.29 is 24.0 Å². The fraction of sp³-hybridized carbons (Fsp3) is 0.591.